The Bertz CT molecular complexity index is 613. The van der Waals surface area contributed by atoms with E-state index in [0.717, 1.165) is 12.0 Å². The predicted octanol–water partition coefficient (Wildman–Crippen LogP) is 1.88. The van der Waals surface area contributed by atoms with Crippen molar-refractivity contribution in [3.05, 3.63) is 65.5 Å². The molecule has 1 aromatic heterocycles. The lowest BCUT2D eigenvalue weighted by atomic mass is 9.99. The summed E-state index contributed by atoms with van der Waals surface area (Å²) in [4.78, 5) is 15.9. The highest BCUT2D eigenvalue weighted by atomic mass is 16.5. The highest BCUT2D eigenvalue weighted by Crippen LogP contribution is 2.19. The molecule has 1 N–H and O–H groups in total. The molecule has 0 saturated carbocycles. The van der Waals surface area contributed by atoms with Crippen LogP contribution in [0.5, 0.6) is 0 Å². The molecule has 0 bridgehead atoms. The number of benzene rings is 1. The second-order valence-corrected chi connectivity index (χ2v) is 5.25. The van der Waals surface area contributed by atoms with Gasteiger partial charge in [0, 0.05) is 25.4 Å². The molecular formula is C17H18N2O2. The monoisotopic (exact) mass is 282 g/mol. The summed E-state index contributed by atoms with van der Waals surface area (Å²) in [7, 11) is 0. The maximum Gasteiger partial charge on any atom is 0.224 e. The van der Waals surface area contributed by atoms with Crippen LogP contribution in [0.2, 0.25) is 0 Å². The lowest BCUT2D eigenvalue weighted by Crippen LogP contribution is -2.37. The molecule has 108 valence electrons. The summed E-state index contributed by atoms with van der Waals surface area (Å²) >= 11 is 0. The maximum atomic E-state index is 11.9. The minimum Gasteiger partial charge on any atom is -0.371 e. The fraction of sp³-hybridized carbons (Fsp3) is 0.294. The molecule has 21 heavy (non-hydrogen) atoms. The second kappa shape index (κ2) is 6.50. The van der Waals surface area contributed by atoms with Crippen LogP contribution in [0.4, 0.5) is 0 Å². The lowest BCUT2D eigenvalue weighted by molar-refractivity contribution is -0.121. The lowest BCUT2D eigenvalue weighted by Gasteiger charge is -2.25. The average molecular weight is 282 g/mol. The smallest absolute Gasteiger partial charge is 0.224 e. The number of hydrogen-bond donors (Lipinski definition) is 1. The minimum atomic E-state index is 0.00505. The molecule has 3 rings (SSSR count). The van der Waals surface area contributed by atoms with Gasteiger partial charge < -0.3 is 10.1 Å². The Balaban J connectivity index is 1.49. The summed E-state index contributed by atoms with van der Waals surface area (Å²) in [5.41, 5.74) is 3.48. The van der Waals surface area contributed by atoms with Crippen molar-refractivity contribution < 1.29 is 9.53 Å². The third kappa shape index (κ3) is 3.67. The first-order valence-corrected chi connectivity index (χ1v) is 7.15. The summed E-state index contributed by atoms with van der Waals surface area (Å²) in [5.74, 6) is 0.00505. The number of amides is 1. The van der Waals surface area contributed by atoms with E-state index in [-0.39, 0.29) is 12.0 Å². The van der Waals surface area contributed by atoms with Crippen LogP contribution in [0.25, 0.3) is 0 Å². The van der Waals surface area contributed by atoms with E-state index in [0.29, 0.717) is 19.6 Å². The van der Waals surface area contributed by atoms with Crippen molar-refractivity contribution in [3.63, 3.8) is 0 Å². The Morgan fingerprint density at radius 2 is 2.10 bits per heavy atom. The fourth-order valence-corrected chi connectivity index (χ4v) is 2.52. The number of pyridine rings is 1. The van der Waals surface area contributed by atoms with Crippen LogP contribution in [0.3, 0.4) is 0 Å². The molecule has 1 atom stereocenters. The number of rotatable bonds is 4. The first kappa shape index (κ1) is 13.8. The van der Waals surface area contributed by atoms with E-state index in [2.05, 4.69) is 22.4 Å². The zero-order valence-electron chi connectivity index (χ0n) is 11.8. The number of nitrogens with zero attached hydrogens (tertiary/aromatic N) is 1. The maximum absolute atomic E-state index is 11.9. The summed E-state index contributed by atoms with van der Waals surface area (Å²) < 4.78 is 5.78. The van der Waals surface area contributed by atoms with E-state index >= 15 is 0 Å². The number of carbonyl (C=O) groups excluding carboxylic acids is 1. The van der Waals surface area contributed by atoms with E-state index in [1.165, 1.54) is 11.1 Å². The standard InChI is InChI=1S/C17H18N2O2/c20-17(8-13-4-3-7-18-10-13)19-11-16-9-14-5-1-2-6-15(14)12-21-16/h1-7,10,16H,8-9,11-12H2,(H,19,20). The van der Waals surface area contributed by atoms with Crippen molar-refractivity contribution in [1.29, 1.82) is 0 Å². The quantitative estimate of drug-likeness (QED) is 0.931. The van der Waals surface area contributed by atoms with Gasteiger partial charge in [0.1, 0.15) is 0 Å². The molecule has 0 saturated heterocycles. The van der Waals surface area contributed by atoms with E-state index in [1.54, 1.807) is 12.4 Å². The van der Waals surface area contributed by atoms with Crippen molar-refractivity contribution >= 4 is 5.91 Å². The molecule has 4 heteroatoms. The number of aromatic nitrogens is 1. The van der Waals surface area contributed by atoms with Gasteiger partial charge in [-0.3, -0.25) is 9.78 Å². The van der Waals surface area contributed by atoms with Crippen LogP contribution in [0.1, 0.15) is 16.7 Å². The van der Waals surface area contributed by atoms with Gasteiger partial charge in [-0.2, -0.15) is 0 Å². The normalized spacial score (nSPS) is 17.0. The predicted molar refractivity (Wildman–Crippen MR) is 79.7 cm³/mol. The van der Waals surface area contributed by atoms with Gasteiger partial charge in [0.15, 0.2) is 0 Å². The first-order valence-electron chi connectivity index (χ1n) is 7.15. The molecular weight excluding hydrogens is 264 g/mol. The molecule has 1 amide bonds. The van der Waals surface area contributed by atoms with Gasteiger partial charge in [0.25, 0.3) is 0 Å². The highest BCUT2D eigenvalue weighted by Gasteiger charge is 2.19. The zero-order chi connectivity index (χ0) is 14.5. The number of ether oxygens (including phenoxy) is 1. The summed E-state index contributed by atoms with van der Waals surface area (Å²) in [6, 6.07) is 12.0. The Labute approximate surface area is 124 Å². The molecule has 4 nitrogen and oxygen atoms in total. The molecule has 2 aromatic rings. The van der Waals surface area contributed by atoms with Crippen LogP contribution in [0, 0.1) is 0 Å². The Hall–Kier alpha value is -2.20. The van der Waals surface area contributed by atoms with Crippen molar-refractivity contribution in [3.8, 4) is 0 Å². The Morgan fingerprint density at radius 3 is 2.90 bits per heavy atom. The fourth-order valence-electron chi connectivity index (χ4n) is 2.52. The molecule has 1 aromatic carbocycles. The van der Waals surface area contributed by atoms with Crippen LogP contribution in [-0.2, 0) is 29.0 Å². The van der Waals surface area contributed by atoms with Crippen molar-refractivity contribution in [2.45, 2.75) is 25.6 Å². The molecule has 1 aliphatic heterocycles. The van der Waals surface area contributed by atoms with Crippen LogP contribution in [0.15, 0.2) is 48.8 Å². The van der Waals surface area contributed by atoms with Gasteiger partial charge in [0.05, 0.1) is 19.1 Å². The third-order valence-electron chi connectivity index (χ3n) is 3.65. The third-order valence-corrected chi connectivity index (χ3v) is 3.65. The zero-order valence-corrected chi connectivity index (χ0v) is 11.8. The molecule has 0 fully saturated rings. The summed E-state index contributed by atoms with van der Waals surface area (Å²) in [5, 5.41) is 2.94. The topological polar surface area (TPSA) is 51.2 Å². The number of hydrogen-bond acceptors (Lipinski definition) is 3. The Morgan fingerprint density at radius 1 is 1.24 bits per heavy atom. The van der Waals surface area contributed by atoms with Crippen LogP contribution < -0.4 is 5.32 Å². The number of carbonyl (C=O) groups is 1. The first-order chi connectivity index (χ1) is 10.3. The van der Waals surface area contributed by atoms with E-state index < -0.39 is 0 Å². The van der Waals surface area contributed by atoms with Gasteiger partial charge in [-0.25, -0.2) is 0 Å². The molecule has 1 aliphatic rings. The van der Waals surface area contributed by atoms with Crippen LogP contribution >= 0.6 is 0 Å². The van der Waals surface area contributed by atoms with Gasteiger partial charge in [-0.05, 0) is 22.8 Å². The van der Waals surface area contributed by atoms with E-state index in [1.807, 2.05) is 24.3 Å². The molecule has 0 aliphatic carbocycles. The van der Waals surface area contributed by atoms with E-state index in [4.69, 9.17) is 4.74 Å². The van der Waals surface area contributed by atoms with Gasteiger partial charge in [0.2, 0.25) is 5.91 Å². The highest BCUT2D eigenvalue weighted by molar-refractivity contribution is 5.78. The minimum absolute atomic E-state index is 0.00505. The molecule has 0 spiro atoms. The summed E-state index contributed by atoms with van der Waals surface area (Å²) in [6.07, 6.45) is 4.68. The van der Waals surface area contributed by atoms with Crippen molar-refractivity contribution in [1.82, 2.24) is 10.3 Å². The van der Waals surface area contributed by atoms with E-state index in [9.17, 15) is 4.79 Å². The SMILES string of the molecule is O=C(Cc1cccnc1)NCC1Cc2ccccc2CO1. The largest absolute Gasteiger partial charge is 0.371 e. The summed E-state index contributed by atoms with van der Waals surface area (Å²) in [6.45, 7) is 1.17. The van der Waals surface area contributed by atoms with Gasteiger partial charge in [-0.1, -0.05) is 30.3 Å². The molecule has 1 unspecified atom stereocenters. The van der Waals surface area contributed by atoms with Gasteiger partial charge in [-0.15, -0.1) is 0 Å². The number of nitrogens with one attached hydrogen (secondary N) is 1. The van der Waals surface area contributed by atoms with Crippen molar-refractivity contribution in [2.75, 3.05) is 6.54 Å². The van der Waals surface area contributed by atoms with Gasteiger partial charge >= 0.3 is 0 Å². The Kier molecular flexibility index (Phi) is 4.26. The molecule has 2 heterocycles. The second-order valence-electron chi connectivity index (χ2n) is 5.25. The average Bonchev–Trinajstić information content (AvgIpc) is 2.54. The number of fused-ring (bicyclic) bond motifs is 1. The molecule has 0 radical (unpaired) electrons. The van der Waals surface area contributed by atoms with Crippen molar-refractivity contribution in [2.24, 2.45) is 0 Å². The van der Waals surface area contributed by atoms with Crippen LogP contribution in [-0.4, -0.2) is 23.5 Å².